The number of benzene rings is 2. The summed E-state index contributed by atoms with van der Waals surface area (Å²) in [5.74, 6) is 0.503. The minimum absolute atomic E-state index is 0.195. The van der Waals surface area contributed by atoms with Crippen LogP contribution in [0.3, 0.4) is 0 Å². The number of amides is 1. The summed E-state index contributed by atoms with van der Waals surface area (Å²) in [6, 6.07) is 8.74. The highest BCUT2D eigenvalue weighted by molar-refractivity contribution is 6.36. The van der Waals surface area contributed by atoms with E-state index < -0.39 is 0 Å². The number of halogens is 2. The monoisotopic (exact) mass is 475 g/mol. The van der Waals surface area contributed by atoms with Crippen molar-refractivity contribution in [2.24, 2.45) is 0 Å². The maximum atomic E-state index is 12.0. The number of hydrogen-bond acceptors (Lipinski definition) is 5. The third kappa shape index (κ3) is 7.11. The van der Waals surface area contributed by atoms with Crippen molar-refractivity contribution in [2.45, 2.75) is 40.0 Å². The van der Waals surface area contributed by atoms with Crippen molar-refractivity contribution in [3.8, 4) is 11.5 Å². The van der Waals surface area contributed by atoms with Crippen LogP contribution in [0.2, 0.25) is 10.0 Å². The number of hydrogen-bond donors (Lipinski definition) is 2. The SMILES string of the molecule is CC.CC(C)c1cc(Cc2c(Cl)cc(OCC(=O)Nc3cncnc3)cc2Cl)ccc1O. The van der Waals surface area contributed by atoms with E-state index >= 15 is 0 Å². The molecule has 0 aliphatic carbocycles. The quantitative estimate of drug-likeness (QED) is 0.421. The molecular weight excluding hydrogens is 449 g/mol. The highest BCUT2D eigenvalue weighted by Gasteiger charge is 2.13. The molecule has 0 bridgehead atoms. The van der Waals surface area contributed by atoms with Crippen LogP contribution >= 0.6 is 23.2 Å². The average molecular weight is 476 g/mol. The lowest BCUT2D eigenvalue weighted by Crippen LogP contribution is -2.20. The van der Waals surface area contributed by atoms with Crippen LogP contribution in [-0.2, 0) is 11.2 Å². The molecule has 1 amide bonds. The second-order valence-corrected chi connectivity index (χ2v) is 7.87. The van der Waals surface area contributed by atoms with Gasteiger partial charge in [0, 0.05) is 16.5 Å². The molecule has 0 spiro atoms. The van der Waals surface area contributed by atoms with Gasteiger partial charge in [-0.05, 0) is 40.8 Å². The Kier molecular flexibility index (Phi) is 9.75. The van der Waals surface area contributed by atoms with Gasteiger partial charge in [0.1, 0.15) is 17.8 Å². The Morgan fingerprint density at radius 2 is 1.72 bits per heavy atom. The zero-order valence-corrected chi connectivity index (χ0v) is 20.0. The fourth-order valence-corrected chi connectivity index (χ4v) is 3.52. The summed E-state index contributed by atoms with van der Waals surface area (Å²) in [5, 5.41) is 13.5. The number of aromatic hydroxyl groups is 1. The van der Waals surface area contributed by atoms with E-state index in [4.69, 9.17) is 27.9 Å². The van der Waals surface area contributed by atoms with Crippen LogP contribution < -0.4 is 10.1 Å². The highest BCUT2D eigenvalue weighted by atomic mass is 35.5. The van der Waals surface area contributed by atoms with Crippen LogP contribution in [0.15, 0.2) is 49.1 Å². The summed E-state index contributed by atoms with van der Waals surface area (Å²) in [5.41, 5.74) is 3.08. The number of carbonyl (C=O) groups is 1. The Bertz CT molecular complexity index is 1020. The van der Waals surface area contributed by atoms with Crippen molar-refractivity contribution in [1.82, 2.24) is 9.97 Å². The standard InChI is InChI=1S/C22H21Cl2N3O3.C2H6/c1-13(2)17-5-14(3-4-21(17)28)6-18-19(23)7-16(8-20(18)24)30-11-22(29)27-15-9-25-12-26-10-15;1-2/h3-5,7-10,12-13,28H,6,11H2,1-2H3,(H,27,29);1-2H3. The van der Waals surface area contributed by atoms with Crippen LogP contribution in [0.25, 0.3) is 0 Å². The van der Waals surface area contributed by atoms with Crippen molar-refractivity contribution < 1.29 is 14.6 Å². The van der Waals surface area contributed by atoms with E-state index in [1.807, 2.05) is 39.8 Å². The molecule has 3 rings (SSSR count). The fourth-order valence-electron chi connectivity index (χ4n) is 2.92. The summed E-state index contributed by atoms with van der Waals surface area (Å²) in [6.45, 7) is 7.83. The molecule has 2 aromatic carbocycles. The van der Waals surface area contributed by atoms with Gasteiger partial charge < -0.3 is 15.2 Å². The van der Waals surface area contributed by atoms with Crippen LogP contribution in [0.5, 0.6) is 11.5 Å². The molecular formula is C24H27Cl2N3O3. The fraction of sp³-hybridized carbons (Fsp3) is 0.292. The lowest BCUT2D eigenvalue weighted by molar-refractivity contribution is -0.118. The first-order chi connectivity index (χ1) is 15.3. The Labute approximate surface area is 198 Å². The van der Waals surface area contributed by atoms with Crippen molar-refractivity contribution in [1.29, 1.82) is 0 Å². The molecule has 0 saturated carbocycles. The maximum absolute atomic E-state index is 12.0. The molecule has 0 aliphatic rings. The second kappa shape index (κ2) is 12.3. The van der Waals surface area contributed by atoms with Crippen LogP contribution in [-0.4, -0.2) is 27.6 Å². The van der Waals surface area contributed by atoms with Gasteiger partial charge in [-0.1, -0.05) is 63.0 Å². The first-order valence-electron chi connectivity index (χ1n) is 10.3. The Morgan fingerprint density at radius 3 is 2.31 bits per heavy atom. The normalized spacial score (nSPS) is 10.3. The summed E-state index contributed by atoms with van der Waals surface area (Å²) >= 11 is 12.9. The second-order valence-electron chi connectivity index (χ2n) is 7.05. The molecule has 32 heavy (non-hydrogen) atoms. The van der Waals surface area contributed by atoms with Gasteiger partial charge in [0.05, 0.1) is 18.1 Å². The largest absolute Gasteiger partial charge is 0.508 e. The number of rotatable bonds is 7. The zero-order valence-electron chi connectivity index (χ0n) is 18.5. The van der Waals surface area contributed by atoms with E-state index in [9.17, 15) is 9.90 Å². The van der Waals surface area contributed by atoms with E-state index in [1.54, 1.807) is 18.2 Å². The van der Waals surface area contributed by atoms with Crippen molar-refractivity contribution in [2.75, 3.05) is 11.9 Å². The number of aromatic nitrogens is 2. The maximum Gasteiger partial charge on any atom is 0.262 e. The van der Waals surface area contributed by atoms with E-state index in [0.717, 1.165) is 16.7 Å². The van der Waals surface area contributed by atoms with Crippen molar-refractivity contribution in [3.05, 3.63) is 75.8 Å². The third-order valence-corrected chi connectivity index (χ3v) is 5.10. The summed E-state index contributed by atoms with van der Waals surface area (Å²) < 4.78 is 5.52. The summed E-state index contributed by atoms with van der Waals surface area (Å²) in [6.07, 6.45) is 4.86. The van der Waals surface area contributed by atoms with E-state index in [-0.39, 0.29) is 24.2 Å². The van der Waals surface area contributed by atoms with Crippen LogP contribution in [0.1, 0.15) is 50.3 Å². The number of anilines is 1. The number of phenolic OH excluding ortho intramolecular Hbond substituents is 1. The predicted octanol–water partition coefficient (Wildman–Crippen LogP) is 6.25. The van der Waals surface area contributed by atoms with Gasteiger partial charge in [-0.15, -0.1) is 0 Å². The highest BCUT2D eigenvalue weighted by Crippen LogP contribution is 2.34. The number of nitrogens with one attached hydrogen (secondary N) is 1. The molecule has 6 nitrogen and oxygen atoms in total. The molecule has 170 valence electrons. The van der Waals surface area contributed by atoms with Crippen molar-refractivity contribution in [3.63, 3.8) is 0 Å². The Morgan fingerprint density at radius 1 is 1.09 bits per heavy atom. The first-order valence-corrected chi connectivity index (χ1v) is 11.1. The number of phenols is 1. The van der Waals surface area contributed by atoms with Crippen molar-refractivity contribution >= 4 is 34.8 Å². The van der Waals surface area contributed by atoms with Gasteiger partial charge in [0.25, 0.3) is 5.91 Å². The third-order valence-electron chi connectivity index (χ3n) is 4.42. The number of ether oxygens (including phenoxy) is 1. The Hall–Kier alpha value is -2.83. The van der Waals surface area contributed by atoms with Gasteiger partial charge in [0.15, 0.2) is 6.61 Å². The minimum atomic E-state index is -0.355. The summed E-state index contributed by atoms with van der Waals surface area (Å²) in [7, 11) is 0. The number of nitrogens with zero attached hydrogens (tertiary/aromatic N) is 2. The van der Waals surface area contributed by atoms with Gasteiger partial charge in [-0.3, -0.25) is 4.79 Å². The van der Waals surface area contributed by atoms with Gasteiger partial charge >= 0.3 is 0 Å². The molecule has 0 unspecified atom stereocenters. The van der Waals surface area contributed by atoms with E-state index in [2.05, 4.69) is 15.3 Å². The molecule has 0 aliphatic heterocycles. The molecule has 3 aromatic rings. The Balaban J connectivity index is 0.00000176. The zero-order chi connectivity index (χ0) is 23.7. The van der Waals surface area contributed by atoms with E-state index in [1.165, 1.54) is 18.7 Å². The lowest BCUT2D eigenvalue weighted by atomic mass is 9.96. The molecule has 1 aromatic heterocycles. The number of carbonyl (C=O) groups excluding carboxylic acids is 1. The smallest absolute Gasteiger partial charge is 0.262 e. The molecule has 0 atom stereocenters. The van der Waals surface area contributed by atoms with Gasteiger partial charge in [-0.2, -0.15) is 0 Å². The predicted molar refractivity (Wildman–Crippen MR) is 129 cm³/mol. The molecule has 1 heterocycles. The van der Waals surface area contributed by atoms with E-state index in [0.29, 0.717) is 27.9 Å². The minimum Gasteiger partial charge on any atom is -0.508 e. The molecule has 0 radical (unpaired) electrons. The molecule has 8 heteroatoms. The van der Waals surface area contributed by atoms with Gasteiger partial charge in [-0.25, -0.2) is 9.97 Å². The van der Waals surface area contributed by atoms with Gasteiger partial charge in [0.2, 0.25) is 0 Å². The molecule has 0 fully saturated rings. The molecule has 2 N–H and O–H groups in total. The lowest BCUT2D eigenvalue weighted by Gasteiger charge is -2.14. The van der Waals surface area contributed by atoms with Crippen LogP contribution in [0, 0.1) is 0 Å². The van der Waals surface area contributed by atoms with Crippen LogP contribution in [0.4, 0.5) is 5.69 Å². The average Bonchev–Trinajstić information content (AvgIpc) is 2.78. The molecule has 0 saturated heterocycles. The summed E-state index contributed by atoms with van der Waals surface area (Å²) in [4.78, 5) is 19.7. The first kappa shape index (κ1) is 25.4. The topological polar surface area (TPSA) is 84.3 Å².